The third-order valence-electron chi connectivity index (χ3n) is 2.73. The van der Waals surface area contributed by atoms with Crippen molar-refractivity contribution in [3.05, 3.63) is 0 Å². The van der Waals surface area contributed by atoms with Crippen LogP contribution in [0.4, 0.5) is 0 Å². The zero-order valence-corrected chi connectivity index (χ0v) is 8.46. The number of rotatable bonds is 6. The SMILES string of the molecule is O=C(O)CCCNCC1(O)CCCC1. The molecule has 0 aromatic carbocycles. The van der Waals surface area contributed by atoms with E-state index in [9.17, 15) is 9.90 Å². The van der Waals surface area contributed by atoms with Crippen molar-refractivity contribution in [2.45, 2.75) is 44.1 Å². The average Bonchev–Trinajstić information content (AvgIpc) is 2.51. The highest BCUT2D eigenvalue weighted by Gasteiger charge is 2.30. The Morgan fingerprint density at radius 2 is 2.00 bits per heavy atom. The normalized spacial score (nSPS) is 19.8. The number of hydrogen-bond acceptors (Lipinski definition) is 3. The molecule has 1 aliphatic rings. The predicted octanol–water partition coefficient (Wildman–Crippen LogP) is 0.746. The molecule has 0 saturated heterocycles. The van der Waals surface area contributed by atoms with Gasteiger partial charge in [-0.3, -0.25) is 4.79 Å². The highest BCUT2D eigenvalue weighted by molar-refractivity contribution is 5.66. The van der Waals surface area contributed by atoms with E-state index in [1.54, 1.807) is 0 Å². The highest BCUT2D eigenvalue weighted by atomic mass is 16.4. The molecule has 0 bridgehead atoms. The number of carboxylic acid groups (broad SMARTS) is 1. The minimum atomic E-state index is -0.758. The fourth-order valence-corrected chi connectivity index (χ4v) is 1.90. The van der Waals surface area contributed by atoms with Crippen molar-refractivity contribution in [3.63, 3.8) is 0 Å². The van der Waals surface area contributed by atoms with Crippen molar-refractivity contribution in [2.75, 3.05) is 13.1 Å². The van der Waals surface area contributed by atoms with Gasteiger partial charge in [0.25, 0.3) is 0 Å². The van der Waals surface area contributed by atoms with E-state index in [2.05, 4.69) is 5.32 Å². The Hall–Kier alpha value is -0.610. The summed E-state index contributed by atoms with van der Waals surface area (Å²) in [7, 11) is 0. The first kappa shape index (κ1) is 11.5. The van der Waals surface area contributed by atoms with Crippen molar-refractivity contribution in [2.24, 2.45) is 0 Å². The second-order valence-corrected chi connectivity index (χ2v) is 4.11. The second kappa shape index (κ2) is 5.32. The maximum absolute atomic E-state index is 10.2. The fraction of sp³-hybridized carbons (Fsp3) is 0.900. The monoisotopic (exact) mass is 201 g/mol. The molecular formula is C10H19NO3. The minimum absolute atomic E-state index is 0.200. The third kappa shape index (κ3) is 4.07. The summed E-state index contributed by atoms with van der Waals surface area (Å²) in [5.74, 6) is -0.758. The van der Waals surface area contributed by atoms with Crippen LogP contribution in [0.15, 0.2) is 0 Å². The van der Waals surface area contributed by atoms with Crippen LogP contribution in [0.25, 0.3) is 0 Å². The molecule has 1 aliphatic carbocycles. The van der Waals surface area contributed by atoms with Gasteiger partial charge in [0, 0.05) is 13.0 Å². The van der Waals surface area contributed by atoms with Crippen LogP contribution in [0.3, 0.4) is 0 Å². The topological polar surface area (TPSA) is 69.6 Å². The van der Waals surface area contributed by atoms with Crippen LogP contribution < -0.4 is 5.32 Å². The summed E-state index contributed by atoms with van der Waals surface area (Å²) in [6.07, 6.45) is 4.79. The second-order valence-electron chi connectivity index (χ2n) is 4.11. The van der Waals surface area contributed by atoms with E-state index in [0.717, 1.165) is 25.7 Å². The molecule has 14 heavy (non-hydrogen) atoms. The molecule has 3 N–H and O–H groups in total. The molecule has 0 unspecified atom stereocenters. The molecule has 0 radical (unpaired) electrons. The third-order valence-corrected chi connectivity index (χ3v) is 2.73. The number of aliphatic hydroxyl groups is 1. The van der Waals surface area contributed by atoms with Crippen LogP contribution in [0.5, 0.6) is 0 Å². The molecule has 0 aromatic heterocycles. The van der Waals surface area contributed by atoms with Gasteiger partial charge in [0.2, 0.25) is 0 Å². The lowest BCUT2D eigenvalue weighted by Crippen LogP contribution is -2.38. The summed E-state index contributed by atoms with van der Waals surface area (Å²) in [5.41, 5.74) is -0.525. The summed E-state index contributed by atoms with van der Waals surface area (Å²) in [6, 6.07) is 0. The predicted molar refractivity (Wildman–Crippen MR) is 53.2 cm³/mol. The Morgan fingerprint density at radius 3 is 2.57 bits per heavy atom. The van der Waals surface area contributed by atoms with Gasteiger partial charge in [-0.15, -0.1) is 0 Å². The van der Waals surface area contributed by atoms with Crippen LogP contribution in [0.1, 0.15) is 38.5 Å². The van der Waals surface area contributed by atoms with Gasteiger partial charge < -0.3 is 15.5 Å². The van der Waals surface area contributed by atoms with Crippen molar-refractivity contribution in [1.82, 2.24) is 5.32 Å². The molecule has 82 valence electrons. The molecule has 0 aromatic rings. The lowest BCUT2D eigenvalue weighted by Gasteiger charge is -2.22. The molecule has 1 rings (SSSR count). The smallest absolute Gasteiger partial charge is 0.303 e. The standard InChI is InChI=1S/C10H19NO3/c12-9(13)4-3-7-11-8-10(14)5-1-2-6-10/h11,14H,1-8H2,(H,12,13). The number of carboxylic acids is 1. The van der Waals surface area contributed by atoms with Crippen LogP contribution in [-0.4, -0.2) is 34.9 Å². The van der Waals surface area contributed by atoms with E-state index in [-0.39, 0.29) is 6.42 Å². The molecule has 0 spiro atoms. The van der Waals surface area contributed by atoms with Gasteiger partial charge in [-0.1, -0.05) is 12.8 Å². The number of carbonyl (C=O) groups is 1. The first-order valence-corrected chi connectivity index (χ1v) is 5.27. The van der Waals surface area contributed by atoms with E-state index in [1.165, 1.54) is 0 Å². The number of nitrogens with one attached hydrogen (secondary N) is 1. The van der Waals surface area contributed by atoms with Gasteiger partial charge in [-0.05, 0) is 25.8 Å². The van der Waals surface area contributed by atoms with E-state index in [4.69, 9.17) is 5.11 Å². The first-order chi connectivity index (χ1) is 6.62. The van der Waals surface area contributed by atoms with Gasteiger partial charge in [0.15, 0.2) is 0 Å². The van der Waals surface area contributed by atoms with Crippen LogP contribution in [0, 0.1) is 0 Å². The van der Waals surface area contributed by atoms with Crippen molar-refractivity contribution in [3.8, 4) is 0 Å². The molecule has 1 saturated carbocycles. The molecule has 0 heterocycles. The van der Waals surface area contributed by atoms with Gasteiger partial charge >= 0.3 is 5.97 Å². The Kier molecular flexibility index (Phi) is 4.35. The van der Waals surface area contributed by atoms with Gasteiger partial charge in [-0.2, -0.15) is 0 Å². The highest BCUT2D eigenvalue weighted by Crippen LogP contribution is 2.28. The van der Waals surface area contributed by atoms with E-state index >= 15 is 0 Å². The van der Waals surface area contributed by atoms with Crippen LogP contribution >= 0.6 is 0 Å². The zero-order chi connectivity index (χ0) is 10.4. The van der Waals surface area contributed by atoms with Crippen molar-refractivity contribution < 1.29 is 15.0 Å². The molecular weight excluding hydrogens is 182 g/mol. The largest absolute Gasteiger partial charge is 0.481 e. The zero-order valence-electron chi connectivity index (χ0n) is 8.46. The molecule has 4 heteroatoms. The molecule has 1 fully saturated rings. The Bertz CT molecular complexity index is 188. The first-order valence-electron chi connectivity index (χ1n) is 5.27. The van der Waals surface area contributed by atoms with Crippen LogP contribution in [-0.2, 0) is 4.79 Å². The lowest BCUT2D eigenvalue weighted by atomic mass is 10.0. The summed E-state index contributed by atoms with van der Waals surface area (Å²) in [4.78, 5) is 10.2. The number of hydrogen-bond donors (Lipinski definition) is 3. The number of aliphatic carboxylic acids is 1. The fourth-order valence-electron chi connectivity index (χ4n) is 1.90. The molecule has 0 aliphatic heterocycles. The summed E-state index contributed by atoms with van der Waals surface area (Å²) < 4.78 is 0. The summed E-state index contributed by atoms with van der Waals surface area (Å²) in [5, 5.41) is 21.4. The molecule has 0 amide bonds. The quantitative estimate of drug-likeness (QED) is 0.554. The maximum Gasteiger partial charge on any atom is 0.303 e. The lowest BCUT2D eigenvalue weighted by molar-refractivity contribution is -0.137. The summed E-state index contributed by atoms with van der Waals surface area (Å²) >= 11 is 0. The molecule has 4 nitrogen and oxygen atoms in total. The van der Waals surface area contributed by atoms with Gasteiger partial charge in [0.1, 0.15) is 0 Å². The minimum Gasteiger partial charge on any atom is -0.481 e. The Balaban J connectivity index is 2.00. The van der Waals surface area contributed by atoms with E-state index in [0.29, 0.717) is 19.5 Å². The Labute approximate surface area is 84.3 Å². The van der Waals surface area contributed by atoms with Gasteiger partial charge in [0.05, 0.1) is 5.60 Å². The average molecular weight is 201 g/mol. The van der Waals surface area contributed by atoms with Crippen molar-refractivity contribution in [1.29, 1.82) is 0 Å². The van der Waals surface area contributed by atoms with Gasteiger partial charge in [-0.25, -0.2) is 0 Å². The van der Waals surface area contributed by atoms with E-state index in [1.807, 2.05) is 0 Å². The summed E-state index contributed by atoms with van der Waals surface area (Å²) in [6.45, 7) is 1.28. The van der Waals surface area contributed by atoms with Crippen LogP contribution in [0.2, 0.25) is 0 Å². The maximum atomic E-state index is 10.2. The van der Waals surface area contributed by atoms with Crippen molar-refractivity contribution >= 4 is 5.97 Å². The van der Waals surface area contributed by atoms with E-state index < -0.39 is 11.6 Å². The molecule has 0 atom stereocenters. The Morgan fingerprint density at radius 1 is 1.36 bits per heavy atom.